The van der Waals surface area contributed by atoms with Crippen LogP contribution in [0.25, 0.3) is 0 Å². The quantitative estimate of drug-likeness (QED) is 0.397. The lowest BCUT2D eigenvalue weighted by Gasteiger charge is -2.09. The Bertz CT molecular complexity index is 854. The van der Waals surface area contributed by atoms with E-state index in [1.165, 1.54) is 5.57 Å². The Labute approximate surface area is 155 Å². The summed E-state index contributed by atoms with van der Waals surface area (Å²) in [6.07, 6.45) is 13.8. The van der Waals surface area contributed by atoms with Crippen LogP contribution in [0.3, 0.4) is 0 Å². The van der Waals surface area contributed by atoms with Gasteiger partial charge in [-0.2, -0.15) is 0 Å². The third-order valence-electron chi connectivity index (χ3n) is 4.03. The van der Waals surface area contributed by atoms with Crippen molar-refractivity contribution in [1.82, 2.24) is 0 Å². The Morgan fingerprint density at radius 1 is 1.19 bits per heavy atom. The van der Waals surface area contributed by atoms with Crippen LogP contribution in [0.15, 0.2) is 90.1 Å². The number of anilines is 3. The lowest BCUT2D eigenvalue weighted by atomic mass is 9.97. The van der Waals surface area contributed by atoms with Crippen LogP contribution in [0, 0.1) is 0 Å². The van der Waals surface area contributed by atoms with E-state index in [1.807, 2.05) is 18.2 Å². The van der Waals surface area contributed by atoms with E-state index in [1.54, 1.807) is 31.2 Å². The van der Waals surface area contributed by atoms with Gasteiger partial charge in [0.05, 0.1) is 11.4 Å². The smallest absolute Gasteiger partial charge is 0.251 e. The number of hydrogen-bond acceptors (Lipinski definition) is 3. The predicted molar refractivity (Wildman–Crippen MR) is 112 cm³/mol. The van der Waals surface area contributed by atoms with Crippen molar-refractivity contribution < 1.29 is 4.79 Å². The van der Waals surface area contributed by atoms with Crippen molar-refractivity contribution in [2.45, 2.75) is 19.8 Å². The maximum atomic E-state index is 12.3. The van der Waals surface area contributed by atoms with E-state index in [4.69, 9.17) is 11.5 Å². The number of nitrogens with two attached hydrogens (primary N) is 2. The number of allylic oxidation sites excluding steroid dienone is 9. The van der Waals surface area contributed by atoms with Crippen LogP contribution in [0.2, 0.25) is 0 Å². The van der Waals surface area contributed by atoms with Crippen molar-refractivity contribution in [3.05, 3.63) is 90.1 Å². The minimum absolute atomic E-state index is 0.220. The summed E-state index contributed by atoms with van der Waals surface area (Å²) in [5.74, 6) is -0.220. The van der Waals surface area contributed by atoms with Crippen LogP contribution in [0.1, 0.15) is 19.8 Å². The van der Waals surface area contributed by atoms with E-state index in [-0.39, 0.29) is 5.91 Å². The molecule has 26 heavy (non-hydrogen) atoms. The molecule has 2 rings (SSSR count). The highest BCUT2D eigenvalue weighted by Crippen LogP contribution is 2.21. The number of hydrogen-bond donors (Lipinski definition) is 3. The van der Waals surface area contributed by atoms with E-state index in [0.29, 0.717) is 22.6 Å². The normalized spacial score (nSPS) is 14.2. The monoisotopic (exact) mass is 347 g/mol. The second-order valence-electron chi connectivity index (χ2n) is 6.22. The molecule has 0 aliphatic heterocycles. The van der Waals surface area contributed by atoms with Gasteiger partial charge in [0.15, 0.2) is 0 Å². The second kappa shape index (κ2) is 8.72. The molecule has 0 atom stereocenters. The fourth-order valence-corrected chi connectivity index (χ4v) is 2.46. The van der Waals surface area contributed by atoms with Gasteiger partial charge in [0.1, 0.15) is 0 Å². The van der Waals surface area contributed by atoms with Gasteiger partial charge in [-0.3, -0.25) is 4.79 Å². The van der Waals surface area contributed by atoms with Crippen molar-refractivity contribution in [2.75, 3.05) is 16.8 Å². The maximum Gasteiger partial charge on any atom is 0.251 e. The maximum absolute atomic E-state index is 12.3. The molecule has 1 amide bonds. The molecule has 1 aromatic rings. The molecule has 1 aromatic carbocycles. The highest BCUT2D eigenvalue weighted by Gasteiger charge is 2.06. The Balaban J connectivity index is 1.97. The molecule has 0 heterocycles. The summed E-state index contributed by atoms with van der Waals surface area (Å²) in [7, 11) is 0. The minimum atomic E-state index is -0.220. The van der Waals surface area contributed by atoms with Crippen molar-refractivity contribution in [1.29, 1.82) is 0 Å². The lowest BCUT2D eigenvalue weighted by molar-refractivity contribution is -0.112. The first-order chi connectivity index (χ1) is 12.4. The number of rotatable bonds is 6. The molecule has 0 radical (unpaired) electrons. The SMILES string of the molecule is C=C(/C=C\C(=C)C1=CC=CCC1)/C=C(\C)C(=O)Nc1ccc(N)c(N)c1. The number of carbonyl (C=O) groups is 1. The van der Waals surface area contributed by atoms with Gasteiger partial charge in [0.25, 0.3) is 5.91 Å². The van der Waals surface area contributed by atoms with E-state index in [9.17, 15) is 4.79 Å². The lowest BCUT2D eigenvalue weighted by Crippen LogP contribution is -2.13. The average molecular weight is 347 g/mol. The molecular weight excluding hydrogens is 322 g/mol. The Kier molecular flexibility index (Phi) is 6.39. The molecule has 0 unspecified atom stereocenters. The highest BCUT2D eigenvalue weighted by molar-refractivity contribution is 6.04. The van der Waals surface area contributed by atoms with Crippen molar-refractivity contribution in [3.8, 4) is 0 Å². The molecule has 1 aliphatic carbocycles. The first kappa shape index (κ1) is 19.1. The van der Waals surface area contributed by atoms with E-state index < -0.39 is 0 Å². The van der Waals surface area contributed by atoms with Gasteiger partial charge in [-0.15, -0.1) is 0 Å². The van der Waals surface area contributed by atoms with Crippen LogP contribution in [0.5, 0.6) is 0 Å². The first-order valence-corrected chi connectivity index (χ1v) is 8.43. The number of amides is 1. The largest absolute Gasteiger partial charge is 0.397 e. The zero-order valence-corrected chi connectivity index (χ0v) is 15.1. The molecule has 0 aromatic heterocycles. The standard InChI is InChI=1S/C22H25N3O/c1-15(9-10-16(2)18-7-5-4-6-8-18)13-17(3)22(26)25-19-11-12-20(23)21(24)14-19/h4-5,7,9-14H,1-2,6,8,23-24H2,3H3,(H,25,26)/b10-9-,17-13+. The van der Waals surface area contributed by atoms with Crippen LogP contribution < -0.4 is 16.8 Å². The molecule has 1 aliphatic rings. The Morgan fingerprint density at radius 3 is 2.62 bits per heavy atom. The Morgan fingerprint density at radius 2 is 1.96 bits per heavy atom. The summed E-state index contributed by atoms with van der Waals surface area (Å²) in [5.41, 5.74) is 16.4. The van der Waals surface area contributed by atoms with Gasteiger partial charge in [0.2, 0.25) is 0 Å². The fraction of sp³-hybridized carbons (Fsp3) is 0.136. The zero-order chi connectivity index (χ0) is 19.1. The summed E-state index contributed by atoms with van der Waals surface area (Å²) in [4.78, 5) is 12.3. The highest BCUT2D eigenvalue weighted by atomic mass is 16.1. The molecule has 0 saturated heterocycles. The van der Waals surface area contributed by atoms with Crippen LogP contribution in [-0.4, -0.2) is 5.91 Å². The first-order valence-electron chi connectivity index (χ1n) is 8.43. The third-order valence-corrected chi connectivity index (χ3v) is 4.03. The second-order valence-corrected chi connectivity index (χ2v) is 6.22. The van der Waals surface area contributed by atoms with Crippen molar-refractivity contribution >= 4 is 23.0 Å². The third kappa shape index (κ3) is 5.38. The molecule has 134 valence electrons. The number of nitrogen functional groups attached to an aromatic ring is 2. The number of nitrogens with one attached hydrogen (secondary N) is 1. The molecule has 0 saturated carbocycles. The Hall–Kier alpha value is -3.27. The predicted octanol–water partition coefficient (Wildman–Crippen LogP) is 4.68. The minimum Gasteiger partial charge on any atom is -0.397 e. The summed E-state index contributed by atoms with van der Waals surface area (Å²) in [6.45, 7) is 9.79. The molecule has 4 heteroatoms. The van der Waals surface area contributed by atoms with Crippen molar-refractivity contribution in [2.24, 2.45) is 0 Å². The van der Waals surface area contributed by atoms with Crippen LogP contribution in [0.4, 0.5) is 17.1 Å². The fourth-order valence-electron chi connectivity index (χ4n) is 2.46. The van der Waals surface area contributed by atoms with Gasteiger partial charge in [-0.05, 0) is 60.8 Å². The van der Waals surface area contributed by atoms with E-state index in [2.05, 4.69) is 30.6 Å². The summed E-state index contributed by atoms with van der Waals surface area (Å²) in [5, 5.41) is 2.79. The van der Waals surface area contributed by atoms with Crippen LogP contribution >= 0.6 is 0 Å². The average Bonchev–Trinajstić information content (AvgIpc) is 2.63. The van der Waals surface area contributed by atoms with Crippen LogP contribution in [-0.2, 0) is 4.79 Å². The van der Waals surface area contributed by atoms with Gasteiger partial charge in [-0.25, -0.2) is 0 Å². The van der Waals surface area contributed by atoms with Gasteiger partial charge < -0.3 is 16.8 Å². The van der Waals surface area contributed by atoms with Crippen molar-refractivity contribution in [3.63, 3.8) is 0 Å². The number of carbonyl (C=O) groups excluding carboxylic acids is 1. The summed E-state index contributed by atoms with van der Waals surface area (Å²) < 4.78 is 0. The van der Waals surface area contributed by atoms with Gasteiger partial charge in [0, 0.05) is 11.3 Å². The molecule has 0 bridgehead atoms. The molecule has 5 N–H and O–H groups in total. The van der Waals surface area contributed by atoms with E-state index in [0.717, 1.165) is 24.0 Å². The van der Waals surface area contributed by atoms with Gasteiger partial charge in [-0.1, -0.05) is 43.5 Å². The van der Waals surface area contributed by atoms with Gasteiger partial charge >= 0.3 is 0 Å². The molecular formula is C22H25N3O. The zero-order valence-electron chi connectivity index (χ0n) is 15.1. The van der Waals surface area contributed by atoms with E-state index >= 15 is 0 Å². The molecule has 0 fully saturated rings. The molecule has 0 spiro atoms. The topological polar surface area (TPSA) is 81.1 Å². The molecule has 4 nitrogen and oxygen atoms in total. The summed E-state index contributed by atoms with van der Waals surface area (Å²) in [6, 6.07) is 5.00. The number of benzene rings is 1. The summed E-state index contributed by atoms with van der Waals surface area (Å²) >= 11 is 0.